The van der Waals surface area contributed by atoms with E-state index < -0.39 is 0 Å². The third kappa shape index (κ3) is 5.44. The summed E-state index contributed by atoms with van der Waals surface area (Å²) in [6.45, 7) is 6.90. The van der Waals surface area contributed by atoms with Gasteiger partial charge in [-0.2, -0.15) is 0 Å². The normalized spacial score (nSPS) is 12.1. The first kappa shape index (κ1) is 33.3. The molecule has 0 aliphatic heterocycles. The van der Waals surface area contributed by atoms with E-state index in [2.05, 4.69) is 200 Å². The van der Waals surface area contributed by atoms with Crippen molar-refractivity contribution in [3.05, 3.63) is 194 Å². The Morgan fingerprint density at radius 1 is 0.404 bits per heavy atom. The quantitative estimate of drug-likeness (QED) is 0.161. The fourth-order valence-corrected chi connectivity index (χ4v) is 9.05. The Morgan fingerprint density at radius 2 is 0.982 bits per heavy atom. The molecule has 0 aliphatic carbocycles. The van der Waals surface area contributed by atoms with E-state index in [4.69, 9.17) is 0 Å². The Labute approximate surface area is 332 Å². The summed E-state index contributed by atoms with van der Waals surface area (Å²) in [5.74, 6) is 0. The summed E-state index contributed by atoms with van der Waals surface area (Å²) in [5, 5.41) is 10.4. The van der Waals surface area contributed by atoms with Gasteiger partial charge >= 0.3 is 0 Å². The van der Waals surface area contributed by atoms with Crippen molar-refractivity contribution in [2.24, 2.45) is 0 Å². The molecule has 0 bridgehead atoms. The van der Waals surface area contributed by atoms with Crippen molar-refractivity contribution in [2.45, 2.75) is 26.2 Å². The molecule has 9 aromatic carbocycles. The topological polar surface area (TPSA) is 17.8 Å². The highest BCUT2D eigenvalue weighted by atomic mass is 15.0. The second-order valence-corrected chi connectivity index (χ2v) is 16.4. The summed E-state index contributed by atoms with van der Waals surface area (Å²) in [7, 11) is 0. The van der Waals surface area contributed by atoms with Gasteiger partial charge in [-0.25, -0.2) is 0 Å². The Balaban J connectivity index is 1.07. The Bertz CT molecular complexity index is 3260. The number of rotatable bonds is 5. The summed E-state index contributed by atoms with van der Waals surface area (Å²) >= 11 is 0. The number of hydrogen-bond acceptors (Lipinski definition) is 1. The van der Waals surface area contributed by atoms with Crippen LogP contribution in [0.1, 0.15) is 26.3 Å². The highest BCUT2D eigenvalue weighted by Crippen LogP contribution is 2.46. The zero-order chi connectivity index (χ0) is 38.3. The molecule has 2 heterocycles. The summed E-state index contributed by atoms with van der Waals surface area (Å²) in [6.07, 6.45) is 3.76. The highest BCUT2D eigenvalue weighted by Gasteiger charge is 2.21. The van der Waals surface area contributed by atoms with Gasteiger partial charge in [-0.05, 0) is 130 Å². The largest absolute Gasteiger partial charge is 0.309 e. The van der Waals surface area contributed by atoms with Crippen LogP contribution in [0.3, 0.4) is 0 Å². The van der Waals surface area contributed by atoms with E-state index in [1.54, 1.807) is 0 Å². The van der Waals surface area contributed by atoms with Crippen LogP contribution >= 0.6 is 0 Å². The van der Waals surface area contributed by atoms with Crippen LogP contribution in [0, 0.1) is 0 Å². The molecule has 11 rings (SSSR count). The molecule has 270 valence electrons. The van der Waals surface area contributed by atoms with E-state index in [0.29, 0.717) is 0 Å². The monoisotopic (exact) mass is 728 g/mol. The van der Waals surface area contributed by atoms with Crippen LogP contribution in [-0.2, 0) is 5.41 Å². The molecule has 0 saturated heterocycles. The third-order valence-electron chi connectivity index (χ3n) is 12.0. The summed E-state index contributed by atoms with van der Waals surface area (Å²) in [5.41, 5.74) is 14.6. The lowest BCUT2D eigenvalue weighted by molar-refractivity contribution is 0.591. The van der Waals surface area contributed by atoms with E-state index in [1.165, 1.54) is 98.8 Å². The van der Waals surface area contributed by atoms with Crippen molar-refractivity contribution in [1.29, 1.82) is 0 Å². The maximum Gasteiger partial charge on any atom is 0.0541 e. The van der Waals surface area contributed by atoms with Gasteiger partial charge in [0.25, 0.3) is 0 Å². The first-order valence-corrected chi connectivity index (χ1v) is 19.9. The molecule has 0 N–H and O–H groups in total. The second-order valence-electron chi connectivity index (χ2n) is 16.4. The van der Waals surface area contributed by atoms with Crippen LogP contribution < -0.4 is 0 Å². The molecule has 0 radical (unpaired) electrons. The highest BCUT2D eigenvalue weighted by molar-refractivity contribution is 6.28. The van der Waals surface area contributed by atoms with Crippen molar-refractivity contribution in [1.82, 2.24) is 9.55 Å². The van der Waals surface area contributed by atoms with Crippen molar-refractivity contribution < 1.29 is 0 Å². The van der Waals surface area contributed by atoms with Crippen LogP contribution in [-0.4, -0.2) is 9.55 Å². The lowest BCUT2D eigenvalue weighted by Crippen LogP contribution is -2.10. The van der Waals surface area contributed by atoms with Crippen molar-refractivity contribution in [3.8, 4) is 50.2 Å². The van der Waals surface area contributed by atoms with Crippen LogP contribution in [0.4, 0.5) is 0 Å². The van der Waals surface area contributed by atoms with Gasteiger partial charge in [0, 0.05) is 28.9 Å². The fourth-order valence-electron chi connectivity index (χ4n) is 9.05. The standard InChI is InChI=1S/C55H40N2/c1-55(2,3)43-30-40-23-26-46-48(33-49(47-27-24-41(31-43)53(40)54(46)47)38-21-17-36(18-22-38)42-10-9-29-56-34-42)37-19-15-35(16-20-37)39-25-28-52-50(32-39)45-13-7-8-14-51(45)57(52)44-11-5-4-6-12-44/h4-34H,1-3H3. The molecule has 2 heteroatoms. The second kappa shape index (κ2) is 12.8. The number of pyridine rings is 1. The van der Waals surface area contributed by atoms with Gasteiger partial charge in [0.05, 0.1) is 11.0 Å². The van der Waals surface area contributed by atoms with E-state index in [0.717, 1.165) is 11.1 Å². The maximum absolute atomic E-state index is 4.36. The maximum atomic E-state index is 4.36. The van der Waals surface area contributed by atoms with E-state index >= 15 is 0 Å². The van der Waals surface area contributed by atoms with E-state index in [-0.39, 0.29) is 5.41 Å². The zero-order valence-electron chi connectivity index (χ0n) is 32.3. The molecule has 0 spiro atoms. The van der Waals surface area contributed by atoms with Crippen LogP contribution in [0.5, 0.6) is 0 Å². The van der Waals surface area contributed by atoms with Crippen molar-refractivity contribution in [3.63, 3.8) is 0 Å². The number of para-hydroxylation sites is 2. The first-order chi connectivity index (χ1) is 27.9. The minimum absolute atomic E-state index is 0.0576. The molecule has 57 heavy (non-hydrogen) atoms. The number of hydrogen-bond donors (Lipinski definition) is 0. The minimum atomic E-state index is 0.0576. The summed E-state index contributed by atoms with van der Waals surface area (Å²) < 4.78 is 2.37. The summed E-state index contributed by atoms with van der Waals surface area (Å²) in [6, 6.07) is 65.2. The molecular formula is C55H40N2. The van der Waals surface area contributed by atoms with E-state index in [1.807, 2.05) is 18.5 Å². The SMILES string of the molecule is CC(C)(C)c1cc2ccc3c(-c4ccc(-c5cccnc5)cc4)cc(-c4ccc(-c5ccc6c(c5)c5ccccc5n6-c5ccccc5)cc4)c4ccc(c1)c2c34. The predicted molar refractivity (Wildman–Crippen MR) is 243 cm³/mol. The predicted octanol–water partition coefficient (Wildman–Crippen LogP) is 15.0. The average Bonchev–Trinajstić information content (AvgIpc) is 3.59. The third-order valence-corrected chi connectivity index (χ3v) is 12.0. The molecular weight excluding hydrogens is 689 g/mol. The van der Waals surface area contributed by atoms with Crippen LogP contribution in [0.2, 0.25) is 0 Å². The smallest absolute Gasteiger partial charge is 0.0541 e. The summed E-state index contributed by atoms with van der Waals surface area (Å²) in [4.78, 5) is 4.36. The van der Waals surface area contributed by atoms with Gasteiger partial charge in [-0.1, -0.05) is 154 Å². The van der Waals surface area contributed by atoms with Gasteiger partial charge in [-0.3, -0.25) is 4.98 Å². The van der Waals surface area contributed by atoms with Crippen LogP contribution in [0.15, 0.2) is 188 Å². The first-order valence-electron chi connectivity index (χ1n) is 19.9. The minimum Gasteiger partial charge on any atom is -0.309 e. The van der Waals surface area contributed by atoms with Gasteiger partial charge in [0.15, 0.2) is 0 Å². The average molecular weight is 729 g/mol. The van der Waals surface area contributed by atoms with Gasteiger partial charge < -0.3 is 4.57 Å². The van der Waals surface area contributed by atoms with Gasteiger partial charge in [0.2, 0.25) is 0 Å². The Kier molecular flexibility index (Phi) is 7.46. The lowest BCUT2D eigenvalue weighted by Gasteiger charge is -2.23. The zero-order valence-corrected chi connectivity index (χ0v) is 32.3. The van der Waals surface area contributed by atoms with Crippen LogP contribution in [0.25, 0.3) is 104 Å². The number of aromatic nitrogens is 2. The molecule has 11 aromatic rings. The molecule has 0 amide bonds. The molecule has 0 aliphatic rings. The van der Waals surface area contributed by atoms with Crippen molar-refractivity contribution in [2.75, 3.05) is 0 Å². The van der Waals surface area contributed by atoms with Crippen molar-refractivity contribution >= 4 is 54.1 Å². The Morgan fingerprint density at radius 3 is 1.61 bits per heavy atom. The molecule has 0 unspecified atom stereocenters. The Hall–Kier alpha value is -7.03. The molecule has 2 aromatic heterocycles. The number of benzene rings is 9. The van der Waals surface area contributed by atoms with Gasteiger partial charge in [-0.15, -0.1) is 0 Å². The molecule has 0 atom stereocenters. The molecule has 0 fully saturated rings. The number of nitrogens with zero attached hydrogens (tertiary/aromatic N) is 2. The van der Waals surface area contributed by atoms with Gasteiger partial charge in [0.1, 0.15) is 0 Å². The lowest BCUT2D eigenvalue weighted by atomic mass is 9.81. The fraction of sp³-hybridized carbons (Fsp3) is 0.0727. The van der Waals surface area contributed by atoms with E-state index in [9.17, 15) is 0 Å². The molecule has 2 nitrogen and oxygen atoms in total. The number of fused-ring (bicyclic) bond motifs is 3. The molecule has 0 saturated carbocycles.